The Morgan fingerprint density at radius 2 is 1.92 bits per heavy atom. The van der Waals surface area contributed by atoms with Gasteiger partial charge in [0.2, 0.25) is 5.91 Å². The predicted molar refractivity (Wildman–Crippen MR) is 100 cm³/mol. The monoisotopic (exact) mass is 336 g/mol. The maximum Gasteiger partial charge on any atom is 0.226 e. The number of carbonyl (C=O) groups is 1. The Bertz CT molecular complexity index is 840. The number of carbonyl (C=O) groups excluding carboxylic acids is 1. The van der Waals surface area contributed by atoms with Crippen molar-refractivity contribution in [1.29, 1.82) is 0 Å². The van der Waals surface area contributed by atoms with Gasteiger partial charge in [0.1, 0.15) is 0 Å². The first kappa shape index (κ1) is 16.4. The molecule has 3 nitrogen and oxygen atoms in total. The van der Waals surface area contributed by atoms with Crippen molar-refractivity contribution in [2.45, 2.75) is 26.7 Å². The molecule has 3 aromatic rings. The van der Waals surface area contributed by atoms with E-state index in [1.807, 2.05) is 35.7 Å². The lowest BCUT2D eigenvalue weighted by Gasteiger charge is -2.04. The van der Waals surface area contributed by atoms with E-state index in [0.29, 0.717) is 11.6 Å². The molecule has 0 atom stereocenters. The Balaban J connectivity index is 1.63. The van der Waals surface area contributed by atoms with Gasteiger partial charge in [-0.3, -0.25) is 4.79 Å². The van der Waals surface area contributed by atoms with Crippen molar-refractivity contribution >= 4 is 22.4 Å². The van der Waals surface area contributed by atoms with E-state index in [1.165, 1.54) is 28.0 Å². The van der Waals surface area contributed by atoms with E-state index < -0.39 is 0 Å². The molecule has 0 fully saturated rings. The average molecular weight is 336 g/mol. The summed E-state index contributed by atoms with van der Waals surface area (Å²) in [6, 6.07) is 16.4. The van der Waals surface area contributed by atoms with Crippen molar-refractivity contribution in [3.8, 4) is 11.3 Å². The summed E-state index contributed by atoms with van der Waals surface area (Å²) >= 11 is 1.47. The minimum Gasteiger partial charge on any atom is -0.302 e. The van der Waals surface area contributed by atoms with Crippen LogP contribution in [0.1, 0.15) is 23.1 Å². The third-order valence-electron chi connectivity index (χ3n) is 3.90. The summed E-state index contributed by atoms with van der Waals surface area (Å²) < 4.78 is 0. The van der Waals surface area contributed by atoms with Crippen LogP contribution in [0, 0.1) is 13.8 Å². The third kappa shape index (κ3) is 4.09. The number of thiazole rings is 1. The van der Waals surface area contributed by atoms with Crippen molar-refractivity contribution in [3.63, 3.8) is 0 Å². The van der Waals surface area contributed by atoms with Crippen LogP contribution >= 0.6 is 11.3 Å². The highest BCUT2D eigenvalue weighted by Gasteiger charge is 2.10. The summed E-state index contributed by atoms with van der Waals surface area (Å²) in [6.45, 7) is 4.15. The van der Waals surface area contributed by atoms with E-state index in [-0.39, 0.29) is 5.91 Å². The van der Waals surface area contributed by atoms with E-state index >= 15 is 0 Å². The highest BCUT2D eigenvalue weighted by molar-refractivity contribution is 7.14. The molecular formula is C20H20N2OS. The smallest absolute Gasteiger partial charge is 0.226 e. The van der Waals surface area contributed by atoms with E-state index in [2.05, 4.69) is 42.3 Å². The van der Waals surface area contributed by atoms with Gasteiger partial charge in [0, 0.05) is 17.4 Å². The van der Waals surface area contributed by atoms with Gasteiger partial charge in [-0.2, -0.15) is 0 Å². The van der Waals surface area contributed by atoms with Crippen LogP contribution in [0.15, 0.2) is 53.9 Å². The number of aromatic nitrogens is 1. The quantitative estimate of drug-likeness (QED) is 0.712. The van der Waals surface area contributed by atoms with Crippen molar-refractivity contribution in [1.82, 2.24) is 4.98 Å². The second-order valence-corrected chi connectivity index (χ2v) is 6.75. The number of amides is 1. The lowest BCUT2D eigenvalue weighted by Crippen LogP contribution is -2.12. The highest BCUT2D eigenvalue weighted by Crippen LogP contribution is 2.28. The molecule has 0 radical (unpaired) electrons. The summed E-state index contributed by atoms with van der Waals surface area (Å²) in [7, 11) is 0. The van der Waals surface area contributed by atoms with Gasteiger partial charge in [-0.15, -0.1) is 11.3 Å². The van der Waals surface area contributed by atoms with Gasteiger partial charge >= 0.3 is 0 Å². The van der Waals surface area contributed by atoms with E-state index in [1.54, 1.807) is 0 Å². The second-order valence-electron chi connectivity index (χ2n) is 5.89. The molecule has 0 saturated heterocycles. The molecule has 1 N–H and O–H groups in total. The topological polar surface area (TPSA) is 42.0 Å². The molecule has 1 amide bonds. The Hall–Kier alpha value is -2.46. The van der Waals surface area contributed by atoms with Gasteiger partial charge < -0.3 is 5.32 Å². The molecule has 24 heavy (non-hydrogen) atoms. The molecule has 122 valence electrons. The largest absolute Gasteiger partial charge is 0.302 e. The fraction of sp³-hybridized carbons (Fsp3) is 0.200. The van der Waals surface area contributed by atoms with Gasteiger partial charge in [0.15, 0.2) is 5.13 Å². The number of hydrogen-bond acceptors (Lipinski definition) is 3. The maximum atomic E-state index is 12.1. The van der Waals surface area contributed by atoms with Crippen LogP contribution in [0.2, 0.25) is 0 Å². The maximum absolute atomic E-state index is 12.1. The summed E-state index contributed by atoms with van der Waals surface area (Å²) in [6.07, 6.45) is 1.20. The fourth-order valence-electron chi connectivity index (χ4n) is 2.55. The summed E-state index contributed by atoms with van der Waals surface area (Å²) in [4.78, 5) is 16.7. The number of nitrogens with zero attached hydrogens (tertiary/aromatic N) is 1. The van der Waals surface area contributed by atoms with Gasteiger partial charge in [-0.05, 0) is 37.5 Å². The number of nitrogens with one attached hydrogen (secondary N) is 1. The van der Waals surface area contributed by atoms with Crippen LogP contribution in [0.3, 0.4) is 0 Å². The van der Waals surface area contributed by atoms with Crippen LogP contribution < -0.4 is 5.32 Å². The van der Waals surface area contributed by atoms with Crippen molar-refractivity contribution in [2.75, 3.05) is 5.32 Å². The van der Waals surface area contributed by atoms with Crippen LogP contribution in [0.4, 0.5) is 5.13 Å². The molecule has 1 aromatic heterocycles. The van der Waals surface area contributed by atoms with Crippen LogP contribution in [-0.2, 0) is 11.2 Å². The van der Waals surface area contributed by atoms with Gasteiger partial charge in [-0.25, -0.2) is 4.98 Å². The number of anilines is 1. The SMILES string of the molecule is Cc1ccc(C)c(-c2csc(NC(=O)CCc3ccccc3)n2)c1. The molecule has 0 bridgehead atoms. The first-order valence-electron chi connectivity index (χ1n) is 7.99. The average Bonchev–Trinajstić information content (AvgIpc) is 3.04. The Labute approximate surface area is 146 Å². The molecule has 0 aliphatic carbocycles. The van der Waals surface area contributed by atoms with Gasteiger partial charge in [0.25, 0.3) is 0 Å². The van der Waals surface area contributed by atoms with Crippen LogP contribution in [0.5, 0.6) is 0 Å². The molecule has 1 heterocycles. The normalized spacial score (nSPS) is 10.6. The molecule has 0 unspecified atom stereocenters. The van der Waals surface area contributed by atoms with Crippen molar-refractivity contribution in [3.05, 3.63) is 70.6 Å². The van der Waals surface area contributed by atoms with Crippen molar-refractivity contribution in [2.24, 2.45) is 0 Å². The molecule has 0 saturated carbocycles. The number of aryl methyl sites for hydroxylation is 3. The van der Waals surface area contributed by atoms with Crippen molar-refractivity contribution < 1.29 is 4.79 Å². The first-order chi connectivity index (χ1) is 11.6. The highest BCUT2D eigenvalue weighted by atomic mass is 32.1. The standard InChI is InChI=1S/C20H20N2OS/c1-14-8-9-15(2)17(12-14)18-13-24-20(21-18)22-19(23)11-10-16-6-4-3-5-7-16/h3-9,12-13H,10-11H2,1-2H3,(H,21,22,23). The Kier molecular flexibility index (Phi) is 5.06. The number of rotatable bonds is 5. The minimum atomic E-state index is 0.000664. The van der Waals surface area contributed by atoms with E-state index in [0.717, 1.165) is 17.7 Å². The lowest BCUT2D eigenvalue weighted by molar-refractivity contribution is -0.116. The fourth-order valence-corrected chi connectivity index (χ4v) is 3.28. The summed E-state index contributed by atoms with van der Waals surface area (Å²) in [5.74, 6) is 0.000664. The Morgan fingerprint density at radius 1 is 1.12 bits per heavy atom. The zero-order valence-corrected chi connectivity index (χ0v) is 14.7. The molecule has 0 spiro atoms. The molecule has 4 heteroatoms. The van der Waals surface area contributed by atoms with E-state index in [9.17, 15) is 4.79 Å². The van der Waals surface area contributed by atoms with Crippen LogP contribution in [-0.4, -0.2) is 10.9 Å². The van der Waals surface area contributed by atoms with Crippen LogP contribution in [0.25, 0.3) is 11.3 Å². The number of hydrogen-bond donors (Lipinski definition) is 1. The summed E-state index contributed by atoms with van der Waals surface area (Å²) in [5.41, 5.74) is 5.60. The predicted octanol–water partition coefficient (Wildman–Crippen LogP) is 5.00. The third-order valence-corrected chi connectivity index (χ3v) is 4.66. The minimum absolute atomic E-state index is 0.000664. The van der Waals surface area contributed by atoms with Gasteiger partial charge in [0.05, 0.1) is 5.69 Å². The lowest BCUT2D eigenvalue weighted by atomic mass is 10.0. The molecule has 2 aromatic carbocycles. The zero-order valence-electron chi connectivity index (χ0n) is 13.9. The molecule has 0 aliphatic rings. The Morgan fingerprint density at radius 3 is 2.71 bits per heavy atom. The number of benzene rings is 2. The first-order valence-corrected chi connectivity index (χ1v) is 8.87. The second kappa shape index (κ2) is 7.41. The summed E-state index contributed by atoms with van der Waals surface area (Å²) in [5, 5.41) is 5.56. The molecular weight excluding hydrogens is 316 g/mol. The zero-order chi connectivity index (χ0) is 16.9. The molecule has 0 aliphatic heterocycles. The van der Waals surface area contributed by atoms with E-state index in [4.69, 9.17) is 0 Å². The van der Waals surface area contributed by atoms with Gasteiger partial charge in [-0.1, -0.05) is 48.0 Å². The molecule has 3 rings (SSSR count).